The molecule has 0 aromatic carbocycles. The normalized spacial score (nSPS) is 21.6. The van der Waals surface area contributed by atoms with E-state index >= 15 is 0 Å². The van der Waals surface area contributed by atoms with Gasteiger partial charge in [-0.2, -0.15) is 4.98 Å². The summed E-state index contributed by atoms with van der Waals surface area (Å²) in [5, 5.41) is 10.8. The van der Waals surface area contributed by atoms with E-state index in [1.807, 2.05) is 7.05 Å². The third kappa shape index (κ3) is 3.08. The second-order valence-corrected chi connectivity index (χ2v) is 6.07. The molecule has 2 aliphatic rings. The first-order chi connectivity index (χ1) is 9.35. The van der Waals surface area contributed by atoms with Crippen LogP contribution >= 0.6 is 0 Å². The Kier molecular flexibility index (Phi) is 4.01. The molecule has 2 fully saturated rings. The molecule has 2 heterocycles. The zero-order valence-electron chi connectivity index (χ0n) is 11.9. The molecule has 0 radical (unpaired) electrons. The molecule has 2 N–H and O–H groups in total. The van der Waals surface area contributed by atoms with Gasteiger partial charge in [-0.25, -0.2) is 0 Å². The maximum atomic E-state index is 4.67. The van der Waals surface area contributed by atoms with Gasteiger partial charge < -0.3 is 10.2 Å². The molecule has 1 saturated carbocycles. The lowest BCUT2D eigenvalue weighted by Crippen LogP contribution is -2.37. The minimum Gasteiger partial charge on any atom is -0.340 e. The van der Waals surface area contributed by atoms with Gasteiger partial charge >= 0.3 is 0 Å². The van der Waals surface area contributed by atoms with E-state index < -0.39 is 0 Å². The van der Waals surface area contributed by atoms with Crippen molar-refractivity contribution in [1.29, 1.82) is 0 Å². The first-order valence-electron chi connectivity index (χ1n) is 7.66. The van der Waals surface area contributed by atoms with Crippen molar-refractivity contribution in [2.45, 2.75) is 38.5 Å². The van der Waals surface area contributed by atoms with Crippen molar-refractivity contribution in [3.63, 3.8) is 0 Å². The summed E-state index contributed by atoms with van der Waals surface area (Å²) in [6.07, 6.45) is 7.70. The molecule has 1 aliphatic heterocycles. The zero-order valence-corrected chi connectivity index (χ0v) is 11.9. The van der Waals surface area contributed by atoms with Crippen LogP contribution in [0, 0.1) is 11.8 Å². The molecule has 106 valence electrons. The van der Waals surface area contributed by atoms with Gasteiger partial charge in [0, 0.05) is 19.5 Å². The van der Waals surface area contributed by atoms with E-state index in [0.717, 1.165) is 49.7 Å². The monoisotopic (exact) mass is 263 g/mol. The number of hydrogen-bond acceptors (Lipinski definition) is 4. The van der Waals surface area contributed by atoms with Crippen LogP contribution in [0.3, 0.4) is 0 Å². The first kappa shape index (κ1) is 12.9. The largest absolute Gasteiger partial charge is 0.340 e. The summed E-state index contributed by atoms with van der Waals surface area (Å²) in [6.45, 7) is 3.31. The summed E-state index contributed by atoms with van der Waals surface area (Å²) in [5.41, 5.74) is 0. The van der Waals surface area contributed by atoms with Crippen LogP contribution < -0.4 is 10.2 Å². The molecule has 1 saturated heterocycles. The average Bonchev–Trinajstić information content (AvgIpc) is 2.84. The number of aromatic amines is 1. The fraction of sp³-hybridized carbons (Fsp3) is 0.857. The Bertz CT molecular complexity index is 390. The number of nitrogens with one attached hydrogen (secondary N) is 2. The number of aromatic nitrogens is 3. The Morgan fingerprint density at radius 1 is 1.21 bits per heavy atom. The Morgan fingerprint density at radius 3 is 2.63 bits per heavy atom. The summed E-state index contributed by atoms with van der Waals surface area (Å²) < 4.78 is 0. The Balaban J connectivity index is 1.51. The summed E-state index contributed by atoms with van der Waals surface area (Å²) in [4.78, 5) is 7.00. The van der Waals surface area contributed by atoms with Crippen LogP contribution in [0.4, 0.5) is 5.95 Å². The Labute approximate surface area is 115 Å². The van der Waals surface area contributed by atoms with E-state index in [9.17, 15) is 0 Å². The third-order valence-electron chi connectivity index (χ3n) is 4.62. The molecule has 0 amide bonds. The fourth-order valence-electron chi connectivity index (χ4n) is 3.11. The van der Waals surface area contributed by atoms with E-state index in [1.165, 1.54) is 32.1 Å². The average molecular weight is 263 g/mol. The van der Waals surface area contributed by atoms with Crippen molar-refractivity contribution in [2.75, 3.05) is 31.6 Å². The Hall–Kier alpha value is -1.10. The maximum Gasteiger partial charge on any atom is 0.244 e. The second-order valence-electron chi connectivity index (χ2n) is 6.07. The van der Waals surface area contributed by atoms with Crippen molar-refractivity contribution in [1.82, 2.24) is 20.5 Å². The number of rotatable bonds is 5. The standard InChI is InChI=1S/C14H25N5/c1-15-10-12-5-7-19(8-6-12)14-16-13(17-18-14)9-11-3-2-4-11/h11-12,15H,2-10H2,1H3,(H,16,17,18). The first-order valence-corrected chi connectivity index (χ1v) is 7.66. The molecule has 0 bridgehead atoms. The molecule has 19 heavy (non-hydrogen) atoms. The molecule has 0 atom stereocenters. The number of hydrogen-bond donors (Lipinski definition) is 2. The van der Waals surface area contributed by atoms with Gasteiger partial charge in [-0.1, -0.05) is 19.3 Å². The van der Waals surface area contributed by atoms with Crippen molar-refractivity contribution >= 4 is 5.95 Å². The molecule has 1 aromatic rings. The number of nitrogens with zero attached hydrogens (tertiary/aromatic N) is 3. The van der Waals surface area contributed by atoms with Crippen molar-refractivity contribution in [2.24, 2.45) is 11.8 Å². The minimum absolute atomic E-state index is 0.814. The maximum absolute atomic E-state index is 4.67. The van der Waals surface area contributed by atoms with Crippen LogP contribution in [-0.4, -0.2) is 41.9 Å². The third-order valence-corrected chi connectivity index (χ3v) is 4.62. The number of anilines is 1. The summed E-state index contributed by atoms with van der Waals surface area (Å²) in [6, 6.07) is 0. The van der Waals surface area contributed by atoms with E-state index in [1.54, 1.807) is 0 Å². The van der Waals surface area contributed by atoms with Crippen LogP contribution in [0.15, 0.2) is 0 Å². The van der Waals surface area contributed by atoms with Crippen LogP contribution in [0.1, 0.15) is 37.9 Å². The predicted molar refractivity (Wildman–Crippen MR) is 76.3 cm³/mol. The smallest absolute Gasteiger partial charge is 0.244 e. The Morgan fingerprint density at radius 2 is 2.00 bits per heavy atom. The SMILES string of the molecule is CNCC1CCN(c2n[nH]c(CC3CCC3)n2)CC1. The van der Waals surface area contributed by atoms with Gasteiger partial charge in [-0.3, -0.25) is 5.10 Å². The molecule has 5 heteroatoms. The molecule has 5 nitrogen and oxygen atoms in total. The van der Waals surface area contributed by atoms with Gasteiger partial charge in [-0.15, -0.1) is 5.10 Å². The van der Waals surface area contributed by atoms with Gasteiger partial charge in [0.15, 0.2) is 0 Å². The molecule has 3 rings (SSSR count). The van der Waals surface area contributed by atoms with Crippen LogP contribution in [0.5, 0.6) is 0 Å². The van der Waals surface area contributed by atoms with Crippen molar-refractivity contribution in [3.05, 3.63) is 5.82 Å². The molecule has 0 unspecified atom stereocenters. The zero-order chi connectivity index (χ0) is 13.1. The van der Waals surface area contributed by atoms with Gasteiger partial charge in [0.1, 0.15) is 5.82 Å². The molecular weight excluding hydrogens is 238 g/mol. The molecular formula is C14H25N5. The summed E-state index contributed by atoms with van der Waals surface area (Å²) >= 11 is 0. The summed E-state index contributed by atoms with van der Waals surface area (Å²) in [7, 11) is 2.04. The van der Waals surface area contributed by atoms with Crippen LogP contribution in [0.25, 0.3) is 0 Å². The highest BCUT2D eigenvalue weighted by Gasteiger charge is 2.23. The van der Waals surface area contributed by atoms with Crippen LogP contribution in [0.2, 0.25) is 0 Å². The van der Waals surface area contributed by atoms with Gasteiger partial charge in [0.25, 0.3) is 0 Å². The topological polar surface area (TPSA) is 56.8 Å². The van der Waals surface area contributed by atoms with Gasteiger partial charge in [-0.05, 0) is 38.3 Å². The lowest BCUT2D eigenvalue weighted by atomic mass is 9.83. The lowest BCUT2D eigenvalue weighted by molar-refractivity contribution is 0.309. The number of piperidine rings is 1. The van der Waals surface area contributed by atoms with Crippen molar-refractivity contribution < 1.29 is 0 Å². The highest BCUT2D eigenvalue weighted by Crippen LogP contribution is 2.29. The van der Waals surface area contributed by atoms with Crippen LogP contribution in [-0.2, 0) is 6.42 Å². The van der Waals surface area contributed by atoms with Gasteiger partial charge in [0.05, 0.1) is 0 Å². The fourth-order valence-corrected chi connectivity index (χ4v) is 3.11. The molecule has 1 aliphatic carbocycles. The number of H-pyrrole nitrogens is 1. The van der Waals surface area contributed by atoms with E-state index in [4.69, 9.17) is 0 Å². The molecule has 1 aromatic heterocycles. The van der Waals surface area contributed by atoms with E-state index in [0.29, 0.717) is 0 Å². The summed E-state index contributed by atoms with van der Waals surface area (Å²) in [5.74, 6) is 3.66. The molecule has 0 spiro atoms. The second kappa shape index (κ2) is 5.90. The predicted octanol–water partition coefficient (Wildman–Crippen LogP) is 1.58. The van der Waals surface area contributed by atoms with E-state index in [-0.39, 0.29) is 0 Å². The quantitative estimate of drug-likeness (QED) is 0.847. The lowest BCUT2D eigenvalue weighted by Gasteiger charge is -2.31. The van der Waals surface area contributed by atoms with Crippen molar-refractivity contribution in [3.8, 4) is 0 Å². The van der Waals surface area contributed by atoms with Gasteiger partial charge in [0.2, 0.25) is 5.95 Å². The van der Waals surface area contributed by atoms with E-state index in [2.05, 4.69) is 25.4 Å². The highest BCUT2D eigenvalue weighted by atomic mass is 15.4. The highest BCUT2D eigenvalue weighted by molar-refractivity contribution is 5.29. The minimum atomic E-state index is 0.814.